The third-order valence-electron chi connectivity index (χ3n) is 4.67. The van der Waals surface area contributed by atoms with E-state index in [9.17, 15) is 4.79 Å². The second-order valence-corrected chi connectivity index (χ2v) is 6.49. The lowest BCUT2D eigenvalue weighted by atomic mass is 10.1. The monoisotopic (exact) mass is 327 g/mol. The topological polar surface area (TPSA) is 58.2 Å². The van der Waals surface area contributed by atoms with Crippen LogP contribution >= 0.6 is 0 Å². The fourth-order valence-electron chi connectivity index (χ4n) is 3.19. The summed E-state index contributed by atoms with van der Waals surface area (Å²) in [6.45, 7) is 6.01. The third-order valence-corrected chi connectivity index (χ3v) is 4.67. The third kappa shape index (κ3) is 4.03. The number of H-pyrrole nitrogens is 1. The molecule has 2 heterocycles. The Morgan fingerprint density at radius 1 is 1.33 bits per heavy atom. The van der Waals surface area contributed by atoms with Crippen LogP contribution in [-0.4, -0.2) is 40.2 Å². The van der Waals surface area contributed by atoms with Crippen LogP contribution in [0.5, 0.6) is 0 Å². The predicted octanol–water partition coefficient (Wildman–Crippen LogP) is 2.78. The minimum Gasteiger partial charge on any atom is -0.372 e. The summed E-state index contributed by atoms with van der Waals surface area (Å²) >= 11 is 0. The highest BCUT2D eigenvalue weighted by Gasteiger charge is 2.25. The number of aromatic amines is 1. The Bertz CT molecular complexity index is 662. The van der Waals surface area contributed by atoms with Gasteiger partial charge in [0.15, 0.2) is 0 Å². The number of aryl methyl sites for hydroxylation is 2. The van der Waals surface area contributed by atoms with E-state index in [0.717, 1.165) is 36.3 Å². The first kappa shape index (κ1) is 16.7. The lowest BCUT2D eigenvalue weighted by Crippen LogP contribution is -2.43. The van der Waals surface area contributed by atoms with Gasteiger partial charge in [-0.1, -0.05) is 30.3 Å². The summed E-state index contributed by atoms with van der Waals surface area (Å²) in [4.78, 5) is 14.6. The van der Waals surface area contributed by atoms with Crippen LogP contribution in [0.15, 0.2) is 30.3 Å². The number of piperidine rings is 1. The number of ether oxygens (including phenoxy) is 1. The van der Waals surface area contributed by atoms with Crippen molar-refractivity contribution in [2.24, 2.45) is 0 Å². The molecule has 1 fully saturated rings. The van der Waals surface area contributed by atoms with Crippen molar-refractivity contribution in [3.8, 4) is 0 Å². The fourth-order valence-corrected chi connectivity index (χ4v) is 3.19. The molecule has 1 unspecified atom stereocenters. The van der Waals surface area contributed by atoms with E-state index in [4.69, 9.17) is 4.74 Å². The zero-order chi connectivity index (χ0) is 16.9. The van der Waals surface area contributed by atoms with E-state index in [2.05, 4.69) is 22.3 Å². The van der Waals surface area contributed by atoms with Gasteiger partial charge < -0.3 is 9.64 Å². The molecular formula is C19H25N3O2. The van der Waals surface area contributed by atoms with Crippen molar-refractivity contribution in [2.45, 2.75) is 45.8 Å². The van der Waals surface area contributed by atoms with Gasteiger partial charge in [0, 0.05) is 24.3 Å². The average Bonchev–Trinajstić information content (AvgIpc) is 2.93. The number of aromatic nitrogens is 2. The minimum absolute atomic E-state index is 0.120. The van der Waals surface area contributed by atoms with Crippen molar-refractivity contribution in [2.75, 3.05) is 13.1 Å². The molecule has 24 heavy (non-hydrogen) atoms. The predicted molar refractivity (Wildman–Crippen MR) is 92.6 cm³/mol. The zero-order valence-electron chi connectivity index (χ0n) is 14.4. The molecule has 3 rings (SSSR count). The van der Waals surface area contributed by atoms with Gasteiger partial charge >= 0.3 is 0 Å². The van der Waals surface area contributed by atoms with E-state index in [0.29, 0.717) is 19.6 Å². The van der Waals surface area contributed by atoms with Gasteiger partial charge in [-0.15, -0.1) is 0 Å². The van der Waals surface area contributed by atoms with Crippen LogP contribution in [0.3, 0.4) is 0 Å². The number of nitrogens with one attached hydrogen (secondary N) is 1. The summed E-state index contributed by atoms with van der Waals surface area (Å²) in [7, 11) is 0. The number of nitrogens with zero attached hydrogens (tertiary/aromatic N) is 2. The Labute approximate surface area is 143 Å². The highest BCUT2D eigenvalue weighted by molar-refractivity contribution is 5.79. The lowest BCUT2D eigenvalue weighted by Gasteiger charge is -2.33. The number of rotatable bonds is 5. The van der Waals surface area contributed by atoms with Gasteiger partial charge in [0.1, 0.15) is 0 Å². The number of carbonyl (C=O) groups is 1. The van der Waals surface area contributed by atoms with Crippen molar-refractivity contribution in [3.05, 3.63) is 52.8 Å². The first-order valence-corrected chi connectivity index (χ1v) is 8.57. The SMILES string of the molecule is Cc1n[nH]c(C)c1CC(=O)N1CCCC(OCc2ccccc2)C1. The molecule has 0 aliphatic carbocycles. The molecule has 1 amide bonds. The first-order chi connectivity index (χ1) is 11.6. The van der Waals surface area contributed by atoms with Crippen LogP contribution in [0.2, 0.25) is 0 Å². The molecule has 1 aromatic heterocycles. The van der Waals surface area contributed by atoms with Gasteiger partial charge in [-0.3, -0.25) is 9.89 Å². The molecule has 1 aromatic carbocycles. The zero-order valence-corrected chi connectivity index (χ0v) is 14.4. The average molecular weight is 327 g/mol. The highest BCUT2D eigenvalue weighted by Crippen LogP contribution is 2.18. The van der Waals surface area contributed by atoms with Gasteiger partial charge in [-0.05, 0) is 32.3 Å². The number of amides is 1. The molecule has 1 aliphatic rings. The van der Waals surface area contributed by atoms with E-state index in [1.165, 1.54) is 5.56 Å². The number of likely N-dealkylation sites (tertiary alicyclic amines) is 1. The normalized spacial score (nSPS) is 17.9. The molecule has 0 spiro atoms. The summed E-state index contributed by atoms with van der Waals surface area (Å²) < 4.78 is 6.02. The van der Waals surface area contributed by atoms with Crippen LogP contribution in [0, 0.1) is 13.8 Å². The standard InChI is InChI=1S/C19H25N3O2/c1-14-18(15(2)21-20-14)11-19(23)22-10-6-9-17(12-22)24-13-16-7-4-3-5-8-16/h3-5,7-8,17H,6,9-13H2,1-2H3,(H,20,21). The lowest BCUT2D eigenvalue weighted by molar-refractivity contribution is -0.134. The molecule has 0 radical (unpaired) electrons. The Balaban J connectivity index is 1.54. The molecule has 0 bridgehead atoms. The molecule has 0 saturated carbocycles. The first-order valence-electron chi connectivity index (χ1n) is 8.57. The molecule has 1 atom stereocenters. The van der Waals surface area contributed by atoms with E-state index in [1.54, 1.807) is 0 Å². The highest BCUT2D eigenvalue weighted by atomic mass is 16.5. The quantitative estimate of drug-likeness (QED) is 0.919. The largest absolute Gasteiger partial charge is 0.372 e. The Hall–Kier alpha value is -2.14. The number of carbonyl (C=O) groups excluding carboxylic acids is 1. The van der Waals surface area contributed by atoms with Crippen molar-refractivity contribution in [3.63, 3.8) is 0 Å². The molecule has 1 aliphatic heterocycles. The van der Waals surface area contributed by atoms with Gasteiger partial charge in [0.05, 0.1) is 24.8 Å². The maximum absolute atomic E-state index is 12.6. The van der Waals surface area contributed by atoms with E-state index in [-0.39, 0.29) is 12.0 Å². The smallest absolute Gasteiger partial charge is 0.227 e. The molecule has 1 N–H and O–H groups in total. The molecule has 128 valence electrons. The second-order valence-electron chi connectivity index (χ2n) is 6.49. The van der Waals surface area contributed by atoms with E-state index in [1.807, 2.05) is 36.9 Å². The summed E-state index contributed by atoms with van der Waals surface area (Å²) in [5.41, 5.74) is 4.09. The minimum atomic E-state index is 0.120. The molecule has 5 nitrogen and oxygen atoms in total. The maximum atomic E-state index is 12.6. The summed E-state index contributed by atoms with van der Waals surface area (Å²) in [6.07, 6.45) is 2.54. The molecular weight excluding hydrogens is 302 g/mol. The van der Waals surface area contributed by atoms with Crippen LogP contribution in [-0.2, 0) is 22.6 Å². The van der Waals surface area contributed by atoms with Crippen molar-refractivity contribution < 1.29 is 9.53 Å². The fraction of sp³-hybridized carbons (Fsp3) is 0.474. The summed E-state index contributed by atoms with van der Waals surface area (Å²) in [6, 6.07) is 10.2. The number of hydrogen-bond acceptors (Lipinski definition) is 3. The van der Waals surface area contributed by atoms with Gasteiger partial charge in [0.25, 0.3) is 0 Å². The second kappa shape index (κ2) is 7.62. The van der Waals surface area contributed by atoms with Gasteiger partial charge in [-0.25, -0.2) is 0 Å². The molecule has 2 aromatic rings. The van der Waals surface area contributed by atoms with E-state index >= 15 is 0 Å². The van der Waals surface area contributed by atoms with Gasteiger partial charge in [0.2, 0.25) is 5.91 Å². The number of benzene rings is 1. The number of hydrogen-bond donors (Lipinski definition) is 1. The Kier molecular flexibility index (Phi) is 5.30. The van der Waals surface area contributed by atoms with Crippen LogP contribution in [0.4, 0.5) is 0 Å². The molecule has 1 saturated heterocycles. The van der Waals surface area contributed by atoms with E-state index < -0.39 is 0 Å². The Morgan fingerprint density at radius 3 is 2.83 bits per heavy atom. The maximum Gasteiger partial charge on any atom is 0.227 e. The summed E-state index contributed by atoms with van der Waals surface area (Å²) in [5, 5.41) is 7.12. The van der Waals surface area contributed by atoms with Gasteiger partial charge in [-0.2, -0.15) is 5.10 Å². The van der Waals surface area contributed by atoms with Crippen LogP contribution in [0.25, 0.3) is 0 Å². The van der Waals surface area contributed by atoms with Crippen molar-refractivity contribution in [1.29, 1.82) is 0 Å². The van der Waals surface area contributed by atoms with Crippen LogP contribution in [0.1, 0.15) is 35.4 Å². The van der Waals surface area contributed by atoms with Crippen molar-refractivity contribution >= 4 is 5.91 Å². The summed E-state index contributed by atoms with van der Waals surface area (Å²) in [5.74, 6) is 0.163. The molecule has 5 heteroatoms. The van der Waals surface area contributed by atoms with Crippen LogP contribution < -0.4 is 0 Å². The Morgan fingerprint density at radius 2 is 2.12 bits per heavy atom. The van der Waals surface area contributed by atoms with Crippen molar-refractivity contribution in [1.82, 2.24) is 15.1 Å².